The first-order valence-corrected chi connectivity index (χ1v) is 17.6. The summed E-state index contributed by atoms with van der Waals surface area (Å²) in [4.78, 5) is 0. The van der Waals surface area contributed by atoms with E-state index < -0.39 is 5.41 Å². The first-order chi connectivity index (χ1) is 23.9. The Morgan fingerprint density at radius 3 is 1.24 bits per heavy atom. The Bertz CT molecular complexity index is 1660. The Morgan fingerprint density at radius 2 is 0.878 bits per heavy atom. The van der Waals surface area contributed by atoms with Crippen molar-refractivity contribution >= 4 is 0 Å². The van der Waals surface area contributed by atoms with Gasteiger partial charge in [0, 0.05) is 22.3 Å². The van der Waals surface area contributed by atoms with Crippen LogP contribution in [-0.4, -0.2) is 26.4 Å². The molecule has 0 aromatic heterocycles. The molecule has 0 heterocycles. The number of hydrogen-bond acceptors (Lipinski definition) is 6. The van der Waals surface area contributed by atoms with Crippen LogP contribution in [0.5, 0.6) is 34.5 Å². The lowest BCUT2D eigenvalue weighted by atomic mass is 9.66. The van der Waals surface area contributed by atoms with Gasteiger partial charge in [-0.2, -0.15) is 0 Å². The Labute approximate surface area is 292 Å². The number of hydrogen-bond donors (Lipinski definition) is 0. The third-order valence-electron chi connectivity index (χ3n) is 8.84. The van der Waals surface area contributed by atoms with Gasteiger partial charge >= 0.3 is 0 Å². The van der Waals surface area contributed by atoms with Crippen LogP contribution in [0.25, 0.3) is 11.1 Å². The summed E-state index contributed by atoms with van der Waals surface area (Å²) in [6.45, 7) is 22.3. The fourth-order valence-electron chi connectivity index (χ4n) is 6.90. The van der Waals surface area contributed by atoms with Gasteiger partial charge in [-0.15, -0.1) is 0 Å². The maximum absolute atomic E-state index is 6.78. The molecule has 0 unspecified atom stereocenters. The minimum absolute atomic E-state index is 0.519. The summed E-state index contributed by atoms with van der Waals surface area (Å²) in [5, 5.41) is 0. The van der Waals surface area contributed by atoms with Crippen molar-refractivity contribution in [3.05, 3.63) is 120 Å². The Kier molecular flexibility index (Phi) is 11.6. The molecule has 5 rings (SSSR count). The topological polar surface area (TPSA) is 55.4 Å². The highest BCUT2D eigenvalue weighted by atomic mass is 16.5. The van der Waals surface area contributed by atoms with Gasteiger partial charge < -0.3 is 28.4 Å². The molecule has 0 saturated carbocycles. The normalized spacial score (nSPS) is 12.4. The lowest BCUT2D eigenvalue weighted by molar-refractivity contribution is 0.284. The molecule has 0 aliphatic heterocycles. The highest BCUT2D eigenvalue weighted by Crippen LogP contribution is 2.62. The predicted molar refractivity (Wildman–Crippen MR) is 198 cm³/mol. The third kappa shape index (κ3) is 6.37. The van der Waals surface area contributed by atoms with Crippen molar-refractivity contribution in [2.75, 3.05) is 26.4 Å². The second-order valence-corrected chi connectivity index (χ2v) is 12.2. The summed E-state index contributed by atoms with van der Waals surface area (Å²) in [6, 6.07) is 21.4. The molecule has 4 aromatic rings. The van der Waals surface area contributed by atoms with Gasteiger partial charge in [-0.1, -0.05) is 89.4 Å². The average Bonchev–Trinajstić information content (AvgIpc) is 3.42. The van der Waals surface area contributed by atoms with Crippen LogP contribution in [0.2, 0.25) is 0 Å². The molecular weight excluding hydrogens is 612 g/mol. The molecule has 1 aliphatic carbocycles. The van der Waals surface area contributed by atoms with Gasteiger partial charge in [0.05, 0.1) is 44.4 Å². The number of rotatable bonds is 18. The largest absolute Gasteiger partial charge is 0.493 e. The zero-order valence-electron chi connectivity index (χ0n) is 29.9. The fraction of sp³-hybridized carbons (Fsp3) is 0.349. The van der Waals surface area contributed by atoms with Gasteiger partial charge in [0.1, 0.15) is 11.5 Å². The van der Waals surface area contributed by atoms with Crippen LogP contribution >= 0.6 is 0 Å². The van der Waals surface area contributed by atoms with Crippen molar-refractivity contribution in [1.82, 2.24) is 0 Å². The van der Waals surface area contributed by atoms with E-state index in [1.54, 1.807) is 0 Å². The molecule has 0 radical (unpaired) electrons. The van der Waals surface area contributed by atoms with Crippen LogP contribution in [0.4, 0.5) is 0 Å². The summed E-state index contributed by atoms with van der Waals surface area (Å²) < 4.78 is 38.6. The van der Waals surface area contributed by atoms with E-state index in [4.69, 9.17) is 28.4 Å². The fourth-order valence-corrected chi connectivity index (χ4v) is 6.90. The van der Waals surface area contributed by atoms with Crippen molar-refractivity contribution in [2.45, 2.75) is 72.6 Å². The van der Waals surface area contributed by atoms with E-state index >= 15 is 0 Å². The van der Waals surface area contributed by atoms with Crippen molar-refractivity contribution in [3.8, 4) is 45.6 Å². The highest BCUT2D eigenvalue weighted by Gasteiger charge is 2.51. The van der Waals surface area contributed by atoms with Crippen molar-refractivity contribution in [1.29, 1.82) is 0 Å². The maximum atomic E-state index is 6.78. The molecule has 0 atom stereocenters. The molecule has 0 amide bonds. The van der Waals surface area contributed by atoms with Crippen LogP contribution in [0.15, 0.2) is 86.3 Å². The number of ether oxygens (including phenoxy) is 6. The first kappa shape index (κ1) is 35.5. The quantitative estimate of drug-likeness (QED) is 0.0871. The molecule has 0 spiro atoms. The van der Waals surface area contributed by atoms with Crippen LogP contribution in [-0.2, 0) is 5.41 Å². The van der Waals surface area contributed by atoms with E-state index in [0.717, 1.165) is 81.7 Å². The average molecular weight is 663 g/mol. The van der Waals surface area contributed by atoms with Crippen LogP contribution in [0.1, 0.15) is 86.8 Å². The van der Waals surface area contributed by atoms with Gasteiger partial charge in [-0.3, -0.25) is 0 Å². The van der Waals surface area contributed by atoms with E-state index in [-0.39, 0.29) is 0 Å². The zero-order chi connectivity index (χ0) is 35.0. The summed E-state index contributed by atoms with van der Waals surface area (Å²) in [5.41, 5.74) is 7.10. The minimum Gasteiger partial charge on any atom is -0.493 e. The van der Waals surface area contributed by atoms with Crippen LogP contribution in [0, 0.1) is 13.8 Å². The first-order valence-electron chi connectivity index (χ1n) is 17.6. The van der Waals surface area contributed by atoms with E-state index in [1.165, 1.54) is 12.5 Å². The van der Waals surface area contributed by atoms with Gasteiger partial charge in [-0.25, -0.2) is 0 Å². The summed E-state index contributed by atoms with van der Waals surface area (Å²) >= 11 is 0. The van der Waals surface area contributed by atoms with Crippen molar-refractivity contribution < 1.29 is 28.4 Å². The van der Waals surface area contributed by atoms with E-state index in [2.05, 4.69) is 102 Å². The highest BCUT2D eigenvalue weighted by molar-refractivity contribution is 5.89. The summed E-state index contributed by atoms with van der Waals surface area (Å²) in [6.07, 6.45) is 6.22. The molecule has 1 aliphatic rings. The molecule has 0 N–H and O–H groups in total. The lowest BCUT2D eigenvalue weighted by Gasteiger charge is -2.38. The van der Waals surface area contributed by atoms with Crippen molar-refractivity contribution in [2.24, 2.45) is 0 Å². The molecule has 0 bridgehead atoms. The van der Waals surface area contributed by atoms with Crippen LogP contribution < -0.4 is 28.4 Å². The molecule has 0 saturated heterocycles. The molecule has 6 nitrogen and oxygen atoms in total. The SMILES string of the molecule is C=COc1c(OCCC)cc(C2(c3cc(OCCC)c(OC=C)c(C)c3OCCC)c3ccccc3-c3ccccc32)c(OCCC)c1C. The number of benzene rings is 4. The predicted octanol–water partition coefficient (Wildman–Crippen LogP) is 10.9. The molecule has 49 heavy (non-hydrogen) atoms. The van der Waals surface area contributed by atoms with Gasteiger partial charge in [0.2, 0.25) is 0 Å². The van der Waals surface area contributed by atoms with Crippen LogP contribution in [0.3, 0.4) is 0 Å². The molecule has 6 heteroatoms. The number of fused-ring (bicyclic) bond motifs is 3. The molecule has 4 aromatic carbocycles. The summed E-state index contributed by atoms with van der Waals surface area (Å²) in [5.74, 6) is 3.90. The van der Waals surface area contributed by atoms with E-state index in [9.17, 15) is 0 Å². The van der Waals surface area contributed by atoms with Gasteiger partial charge in [-0.05, 0) is 73.9 Å². The molecular formula is C43H50O6. The van der Waals surface area contributed by atoms with Gasteiger partial charge in [0.15, 0.2) is 23.0 Å². The maximum Gasteiger partial charge on any atom is 0.174 e. The smallest absolute Gasteiger partial charge is 0.174 e. The third-order valence-corrected chi connectivity index (χ3v) is 8.84. The van der Waals surface area contributed by atoms with E-state index in [1.807, 2.05) is 13.8 Å². The zero-order valence-corrected chi connectivity index (χ0v) is 29.9. The Hall–Kier alpha value is -4.84. The minimum atomic E-state index is -0.914. The Balaban J connectivity index is 2.05. The van der Waals surface area contributed by atoms with Gasteiger partial charge in [0.25, 0.3) is 0 Å². The Morgan fingerprint density at radius 1 is 0.510 bits per heavy atom. The van der Waals surface area contributed by atoms with E-state index in [0.29, 0.717) is 49.4 Å². The summed E-state index contributed by atoms with van der Waals surface area (Å²) in [7, 11) is 0. The van der Waals surface area contributed by atoms with Crippen molar-refractivity contribution in [3.63, 3.8) is 0 Å². The molecule has 258 valence electrons. The second-order valence-electron chi connectivity index (χ2n) is 12.2. The molecule has 0 fully saturated rings. The second kappa shape index (κ2) is 16.0. The monoisotopic (exact) mass is 662 g/mol. The lowest BCUT2D eigenvalue weighted by Crippen LogP contribution is -2.31. The standard InChI is InChI=1S/C43H50O6/c1-9-23-46-37-27-35(39(48-25-11-3)29(7)41(37)44-13-5)43(33-21-17-15-19-31(33)32-20-16-18-22-34(32)43)36-28-38(47-24-10-2)42(45-14-6)30(8)40(36)49-26-12-4/h13-22,27-28H,5-6,9-12,23-26H2,1-4,7-8H3.